The summed E-state index contributed by atoms with van der Waals surface area (Å²) < 4.78 is 14.0. The predicted octanol–water partition coefficient (Wildman–Crippen LogP) is 2.46. The van der Waals surface area contributed by atoms with E-state index in [-0.39, 0.29) is 11.4 Å². The van der Waals surface area contributed by atoms with Crippen LogP contribution in [0.2, 0.25) is 0 Å². The number of likely N-dealkylation sites (tertiary alicyclic amines) is 1. The Morgan fingerprint density at radius 2 is 1.94 bits per heavy atom. The third-order valence-electron chi connectivity index (χ3n) is 4.16. The fourth-order valence-electron chi connectivity index (χ4n) is 2.75. The van der Waals surface area contributed by atoms with Crippen LogP contribution >= 0.6 is 0 Å². The lowest BCUT2D eigenvalue weighted by molar-refractivity contribution is 0.325. The number of rotatable bonds is 4. The van der Waals surface area contributed by atoms with Crippen LogP contribution in [-0.2, 0) is 13.0 Å². The fourth-order valence-corrected chi connectivity index (χ4v) is 2.75. The van der Waals surface area contributed by atoms with E-state index < -0.39 is 0 Å². The number of nitrogens with zero attached hydrogens (tertiary/aromatic N) is 1. The molecule has 1 saturated carbocycles. The van der Waals surface area contributed by atoms with Crippen LogP contribution in [0.25, 0.3) is 0 Å². The van der Waals surface area contributed by atoms with Gasteiger partial charge in [-0.2, -0.15) is 0 Å². The van der Waals surface area contributed by atoms with E-state index in [4.69, 9.17) is 5.73 Å². The number of benzene rings is 1. The summed E-state index contributed by atoms with van der Waals surface area (Å²) in [4.78, 5) is 2.32. The maximum absolute atomic E-state index is 14.0. The van der Waals surface area contributed by atoms with Gasteiger partial charge in [0.15, 0.2) is 0 Å². The normalized spacial score (nSPS) is 22.3. The van der Waals surface area contributed by atoms with Gasteiger partial charge >= 0.3 is 0 Å². The zero-order chi connectivity index (χ0) is 12.6. The molecule has 98 valence electrons. The number of nitrogens with two attached hydrogens (primary N) is 1. The highest BCUT2D eigenvalue weighted by Crippen LogP contribution is 2.35. The topological polar surface area (TPSA) is 29.3 Å². The molecule has 1 aliphatic carbocycles. The van der Waals surface area contributed by atoms with E-state index in [0.29, 0.717) is 0 Å². The van der Waals surface area contributed by atoms with Gasteiger partial charge in [0.1, 0.15) is 5.82 Å². The molecule has 1 saturated heterocycles. The molecule has 2 nitrogen and oxygen atoms in total. The molecule has 0 aromatic heterocycles. The molecule has 0 spiro atoms. The van der Waals surface area contributed by atoms with E-state index in [2.05, 4.69) is 4.90 Å². The summed E-state index contributed by atoms with van der Waals surface area (Å²) in [6.45, 7) is 2.96. The first-order valence-corrected chi connectivity index (χ1v) is 6.93. The Balaban J connectivity index is 1.68. The van der Waals surface area contributed by atoms with E-state index in [1.54, 1.807) is 6.07 Å². The van der Waals surface area contributed by atoms with Crippen molar-refractivity contribution in [1.29, 1.82) is 0 Å². The molecule has 0 amide bonds. The molecular weight excluding hydrogens is 227 g/mol. The molecule has 2 N–H and O–H groups in total. The van der Waals surface area contributed by atoms with Crippen LogP contribution in [-0.4, -0.2) is 23.5 Å². The molecule has 0 unspecified atom stereocenters. The van der Waals surface area contributed by atoms with Crippen molar-refractivity contribution in [1.82, 2.24) is 4.90 Å². The largest absolute Gasteiger partial charge is 0.325 e. The van der Waals surface area contributed by atoms with Crippen molar-refractivity contribution in [3.8, 4) is 0 Å². The van der Waals surface area contributed by atoms with Crippen LogP contribution in [0.15, 0.2) is 18.2 Å². The van der Waals surface area contributed by atoms with Gasteiger partial charge in [0.05, 0.1) is 0 Å². The van der Waals surface area contributed by atoms with Crippen LogP contribution in [0, 0.1) is 5.82 Å². The summed E-state index contributed by atoms with van der Waals surface area (Å²) in [5.41, 5.74) is 7.89. The molecule has 3 rings (SSSR count). The molecule has 2 fully saturated rings. The second-order valence-electron chi connectivity index (χ2n) is 5.95. The second-order valence-corrected chi connectivity index (χ2v) is 5.95. The summed E-state index contributed by atoms with van der Waals surface area (Å²) in [6.07, 6.45) is 5.45. The van der Waals surface area contributed by atoms with Gasteiger partial charge in [-0.05, 0) is 56.8 Å². The van der Waals surface area contributed by atoms with Crippen molar-refractivity contribution < 1.29 is 4.39 Å². The summed E-state index contributed by atoms with van der Waals surface area (Å²) in [7, 11) is 0. The molecule has 18 heavy (non-hydrogen) atoms. The zero-order valence-electron chi connectivity index (χ0n) is 10.8. The fraction of sp³-hybridized carbons (Fsp3) is 0.600. The maximum atomic E-state index is 14.0. The highest BCUT2D eigenvalue weighted by atomic mass is 19.1. The molecule has 1 aromatic rings. The molecule has 1 aliphatic heterocycles. The summed E-state index contributed by atoms with van der Waals surface area (Å²) in [6, 6.07) is 5.66. The Kier molecular flexibility index (Phi) is 3.12. The van der Waals surface area contributed by atoms with Crippen molar-refractivity contribution >= 4 is 0 Å². The molecule has 0 radical (unpaired) electrons. The molecule has 2 aliphatic rings. The molecule has 1 heterocycles. The first-order chi connectivity index (χ1) is 8.65. The Morgan fingerprint density at radius 1 is 1.22 bits per heavy atom. The van der Waals surface area contributed by atoms with Crippen LogP contribution in [0.3, 0.4) is 0 Å². The lowest BCUT2D eigenvalue weighted by Gasteiger charge is -2.16. The van der Waals surface area contributed by atoms with Crippen molar-refractivity contribution in [3.05, 3.63) is 35.1 Å². The van der Waals surface area contributed by atoms with Gasteiger partial charge in [-0.3, -0.25) is 4.90 Å². The van der Waals surface area contributed by atoms with E-state index in [1.165, 1.54) is 12.8 Å². The highest BCUT2D eigenvalue weighted by Gasteiger charge is 2.38. The SMILES string of the molecule is NC1(Cc2ccc(CN3CCCC3)c(F)c2)CC1. The third-order valence-corrected chi connectivity index (χ3v) is 4.16. The van der Waals surface area contributed by atoms with Gasteiger partial charge in [-0.1, -0.05) is 12.1 Å². The van der Waals surface area contributed by atoms with Gasteiger partial charge in [0, 0.05) is 17.6 Å². The third kappa shape index (κ3) is 2.73. The lowest BCUT2D eigenvalue weighted by atomic mass is 10.0. The van der Waals surface area contributed by atoms with Crippen LogP contribution < -0.4 is 5.73 Å². The highest BCUT2D eigenvalue weighted by molar-refractivity contribution is 5.27. The number of hydrogen-bond acceptors (Lipinski definition) is 2. The summed E-state index contributed by atoms with van der Waals surface area (Å²) >= 11 is 0. The van der Waals surface area contributed by atoms with Crippen molar-refractivity contribution in [2.24, 2.45) is 5.73 Å². The second kappa shape index (κ2) is 4.63. The molecule has 0 atom stereocenters. The van der Waals surface area contributed by atoms with E-state index >= 15 is 0 Å². The van der Waals surface area contributed by atoms with Gasteiger partial charge in [0.2, 0.25) is 0 Å². The lowest BCUT2D eigenvalue weighted by Crippen LogP contribution is -2.24. The Hall–Kier alpha value is -0.930. The minimum absolute atomic E-state index is 0.0388. The Bertz CT molecular complexity index is 434. The molecular formula is C15H21FN2. The molecule has 1 aromatic carbocycles. The van der Waals surface area contributed by atoms with Crippen LogP contribution in [0.1, 0.15) is 36.8 Å². The van der Waals surface area contributed by atoms with Crippen molar-refractivity contribution in [2.75, 3.05) is 13.1 Å². The van der Waals surface area contributed by atoms with E-state index in [1.807, 2.05) is 12.1 Å². The zero-order valence-corrected chi connectivity index (χ0v) is 10.8. The average Bonchev–Trinajstić information content (AvgIpc) is 2.86. The minimum Gasteiger partial charge on any atom is -0.325 e. The van der Waals surface area contributed by atoms with E-state index in [0.717, 1.165) is 50.0 Å². The van der Waals surface area contributed by atoms with Gasteiger partial charge < -0.3 is 5.73 Å². The first-order valence-electron chi connectivity index (χ1n) is 6.93. The van der Waals surface area contributed by atoms with Gasteiger partial charge in [-0.25, -0.2) is 4.39 Å². The van der Waals surface area contributed by atoms with Crippen LogP contribution in [0.4, 0.5) is 4.39 Å². The minimum atomic E-state index is -0.0661. The Labute approximate surface area is 108 Å². The smallest absolute Gasteiger partial charge is 0.127 e. The first kappa shape index (κ1) is 12.1. The van der Waals surface area contributed by atoms with Crippen LogP contribution in [0.5, 0.6) is 0 Å². The van der Waals surface area contributed by atoms with E-state index in [9.17, 15) is 4.39 Å². The average molecular weight is 248 g/mol. The standard InChI is InChI=1S/C15H21FN2/c16-14-9-12(10-15(17)5-6-15)3-4-13(14)11-18-7-1-2-8-18/h3-4,9H,1-2,5-8,10-11,17H2. The monoisotopic (exact) mass is 248 g/mol. The Morgan fingerprint density at radius 3 is 2.56 bits per heavy atom. The molecule has 0 bridgehead atoms. The summed E-state index contributed by atoms with van der Waals surface area (Å²) in [5.74, 6) is -0.0661. The van der Waals surface area contributed by atoms with Crippen molar-refractivity contribution in [2.45, 2.75) is 44.2 Å². The summed E-state index contributed by atoms with van der Waals surface area (Å²) in [5, 5.41) is 0. The van der Waals surface area contributed by atoms with Crippen molar-refractivity contribution in [3.63, 3.8) is 0 Å². The number of halogens is 1. The van der Waals surface area contributed by atoms with Gasteiger partial charge in [-0.15, -0.1) is 0 Å². The molecule has 3 heteroatoms. The maximum Gasteiger partial charge on any atom is 0.127 e. The number of hydrogen-bond donors (Lipinski definition) is 1. The van der Waals surface area contributed by atoms with Gasteiger partial charge in [0.25, 0.3) is 0 Å². The predicted molar refractivity (Wildman–Crippen MR) is 70.8 cm³/mol. The quantitative estimate of drug-likeness (QED) is 0.887.